The zero-order valence-electron chi connectivity index (χ0n) is 4.21. The van der Waals surface area contributed by atoms with E-state index in [4.69, 9.17) is 0 Å². The lowest BCUT2D eigenvalue weighted by Gasteiger charge is -2.21. The number of halogens is 5. The van der Waals surface area contributed by atoms with E-state index >= 15 is 0 Å². The maximum Gasteiger partial charge on any atom is 0.442 e. The van der Waals surface area contributed by atoms with E-state index in [0.29, 0.717) is 0 Å². The lowest BCUT2D eigenvalue weighted by molar-refractivity contribution is -0.332. The van der Waals surface area contributed by atoms with Gasteiger partial charge in [0.15, 0.2) is 0 Å². The normalized spacial score (nSPS) is 18.1. The Morgan fingerprint density at radius 1 is 1.30 bits per heavy atom. The number of carbonyl (C=O) groups is 1. The molecule has 0 aromatic rings. The molecule has 0 radical (unpaired) electrons. The summed E-state index contributed by atoms with van der Waals surface area (Å²) in [6.07, 6.45) is -5.65. The minimum atomic E-state index is -5.65. The van der Waals surface area contributed by atoms with E-state index in [0.717, 1.165) is 0 Å². The Kier molecular flexibility index (Phi) is 2.15. The number of hydrogen-bond acceptors (Lipinski definition) is 2. The molecule has 2 nitrogen and oxygen atoms in total. The molecule has 10 heavy (non-hydrogen) atoms. The van der Waals surface area contributed by atoms with Gasteiger partial charge in [0.2, 0.25) is 0 Å². The molecule has 0 amide bonds. The Morgan fingerprint density at radius 2 is 1.60 bits per heavy atom. The standard InChI is InChI=1S/C3HClF4O2/c4-2(5,1(9)10)3(6,7)8/h(H,9,10)/p-1. The van der Waals surface area contributed by atoms with Gasteiger partial charge in [-0.1, -0.05) is 11.6 Å². The number of carboxylic acid groups (broad SMARTS) is 1. The van der Waals surface area contributed by atoms with Crippen LogP contribution < -0.4 is 5.11 Å². The second kappa shape index (κ2) is 2.26. The van der Waals surface area contributed by atoms with Gasteiger partial charge in [0.25, 0.3) is 0 Å². The van der Waals surface area contributed by atoms with Crippen molar-refractivity contribution in [1.29, 1.82) is 0 Å². The van der Waals surface area contributed by atoms with Gasteiger partial charge >= 0.3 is 11.3 Å². The van der Waals surface area contributed by atoms with Crippen molar-refractivity contribution in [2.75, 3.05) is 0 Å². The molecule has 0 rings (SSSR count). The highest BCUT2D eigenvalue weighted by atomic mass is 35.5. The summed E-state index contributed by atoms with van der Waals surface area (Å²) < 4.78 is 45.2. The molecule has 0 saturated carbocycles. The van der Waals surface area contributed by atoms with Crippen molar-refractivity contribution in [1.82, 2.24) is 0 Å². The molecular weight excluding hydrogens is 179 g/mol. The molecule has 0 aliphatic heterocycles. The van der Waals surface area contributed by atoms with Gasteiger partial charge in [0, 0.05) is 0 Å². The van der Waals surface area contributed by atoms with E-state index in [-0.39, 0.29) is 0 Å². The summed E-state index contributed by atoms with van der Waals surface area (Å²) in [5.41, 5.74) is 0. The molecular formula is C3ClF4O2-. The first-order valence-electron chi connectivity index (χ1n) is 1.85. The summed E-state index contributed by atoms with van der Waals surface area (Å²) in [5.74, 6) is -3.01. The van der Waals surface area contributed by atoms with Crippen LogP contribution in [0.2, 0.25) is 0 Å². The summed E-state index contributed by atoms with van der Waals surface area (Å²) in [5, 5.41) is 4.54. The number of carboxylic acids is 1. The number of carbonyl (C=O) groups excluding carboxylic acids is 1. The van der Waals surface area contributed by atoms with Crippen LogP contribution in [0.5, 0.6) is 0 Å². The molecule has 0 heterocycles. The van der Waals surface area contributed by atoms with Gasteiger partial charge in [-0.15, -0.1) is 0 Å². The van der Waals surface area contributed by atoms with Gasteiger partial charge < -0.3 is 9.90 Å². The fraction of sp³-hybridized carbons (Fsp3) is 0.667. The minimum absolute atomic E-state index is 3.01. The van der Waals surface area contributed by atoms with Crippen LogP contribution in [0.15, 0.2) is 0 Å². The average Bonchev–Trinajstić information content (AvgIpc) is 1.62. The van der Waals surface area contributed by atoms with Gasteiger partial charge in [0.1, 0.15) is 5.97 Å². The van der Waals surface area contributed by atoms with Crippen molar-refractivity contribution in [3.05, 3.63) is 0 Å². The summed E-state index contributed by atoms with van der Waals surface area (Å²) in [4.78, 5) is 9.33. The van der Waals surface area contributed by atoms with Crippen LogP contribution in [0.4, 0.5) is 17.6 Å². The van der Waals surface area contributed by atoms with Gasteiger partial charge in [-0.25, -0.2) is 4.39 Å². The van der Waals surface area contributed by atoms with Gasteiger partial charge in [-0.3, -0.25) is 0 Å². The number of alkyl halides is 5. The highest BCUT2D eigenvalue weighted by Gasteiger charge is 2.56. The third kappa shape index (κ3) is 1.50. The third-order valence-electron chi connectivity index (χ3n) is 0.612. The number of aliphatic carboxylic acids is 1. The van der Waals surface area contributed by atoms with E-state index in [1.165, 1.54) is 0 Å². The molecule has 0 bridgehead atoms. The van der Waals surface area contributed by atoms with E-state index < -0.39 is 17.3 Å². The van der Waals surface area contributed by atoms with Crippen molar-refractivity contribution >= 4 is 17.6 Å². The summed E-state index contributed by atoms with van der Waals surface area (Å²) in [6.45, 7) is 0. The smallest absolute Gasteiger partial charge is 0.442 e. The fourth-order valence-corrected chi connectivity index (χ4v) is 0.116. The van der Waals surface area contributed by atoms with E-state index in [9.17, 15) is 27.5 Å². The zero-order chi connectivity index (χ0) is 8.58. The Hall–Kier alpha value is -0.520. The predicted molar refractivity (Wildman–Crippen MR) is 20.8 cm³/mol. The van der Waals surface area contributed by atoms with E-state index in [1.54, 1.807) is 0 Å². The van der Waals surface area contributed by atoms with Crippen LogP contribution in [-0.2, 0) is 4.79 Å². The molecule has 60 valence electrons. The van der Waals surface area contributed by atoms with Crippen LogP contribution in [0.1, 0.15) is 0 Å². The Morgan fingerprint density at radius 3 is 1.60 bits per heavy atom. The number of hydrogen-bond donors (Lipinski definition) is 0. The fourth-order valence-electron chi connectivity index (χ4n) is 0.116. The van der Waals surface area contributed by atoms with Gasteiger partial charge in [0.05, 0.1) is 0 Å². The van der Waals surface area contributed by atoms with Crippen molar-refractivity contribution in [3.63, 3.8) is 0 Å². The monoisotopic (exact) mass is 179 g/mol. The minimum Gasteiger partial charge on any atom is -0.545 e. The second-order valence-corrected chi connectivity index (χ2v) is 1.88. The quantitative estimate of drug-likeness (QED) is 0.426. The molecule has 0 saturated heterocycles. The zero-order valence-corrected chi connectivity index (χ0v) is 4.96. The second-order valence-electron chi connectivity index (χ2n) is 1.36. The van der Waals surface area contributed by atoms with Crippen LogP contribution in [0.3, 0.4) is 0 Å². The first kappa shape index (κ1) is 9.48. The van der Waals surface area contributed by atoms with Crippen LogP contribution in [0, 0.1) is 0 Å². The highest BCUT2D eigenvalue weighted by Crippen LogP contribution is 2.36. The lowest BCUT2D eigenvalue weighted by Crippen LogP contribution is -2.50. The SMILES string of the molecule is O=C([O-])C(F)(Cl)C(F)(F)F. The molecule has 0 aromatic heterocycles. The molecule has 0 spiro atoms. The molecule has 0 aliphatic rings. The van der Waals surface area contributed by atoms with Crippen LogP contribution in [0.25, 0.3) is 0 Å². The molecule has 0 aromatic carbocycles. The topological polar surface area (TPSA) is 40.1 Å². The Bertz CT molecular complexity index is 151. The summed E-state index contributed by atoms with van der Waals surface area (Å²) in [7, 11) is 0. The number of rotatable bonds is 1. The summed E-state index contributed by atoms with van der Waals surface area (Å²) >= 11 is 3.89. The van der Waals surface area contributed by atoms with Gasteiger partial charge in [-0.2, -0.15) is 13.2 Å². The van der Waals surface area contributed by atoms with Crippen LogP contribution >= 0.6 is 11.6 Å². The molecule has 1 unspecified atom stereocenters. The lowest BCUT2D eigenvalue weighted by atomic mass is 10.4. The van der Waals surface area contributed by atoms with Crippen molar-refractivity contribution < 1.29 is 27.5 Å². The first-order chi connectivity index (χ1) is 4.19. The maximum atomic E-state index is 11.7. The molecule has 0 fully saturated rings. The van der Waals surface area contributed by atoms with Crippen molar-refractivity contribution in [2.45, 2.75) is 11.3 Å². The predicted octanol–water partition coefficient (Wildman–Crippen LogP) is 0.203. The largest absolute Gasteiger partial charge is 0.545 e. The average molecular weight is 179 g/mol. The molecule has 1 atom stereocenters. The maximum absolute atomic E-state index is 11.7. The van der Waals surface area contributed by atoms with Crippen molar-refractivity contribution in [3.8, 4) is 0 Å². The van der Waals surface area contributed by atoms with Crippen LogP contribution in [-0.4, -0.2) is 17.3 Å². The Labute approximate surface area is 57.4 Å². The van der Waals surface area contributed by atoms with E-state index in [2.05, 4.69) is 11.6 Å². The van der Waals surface area contributed by atoms with E-state index in [1.807, 2.05) is 0 Å². The van der Waals surface area contributed by atoms with Gasteiger partial charge in [-0.05, 0) is 0 Å². The Balaban J connectivity index is 4.57. The first-order valence-corrected chi connectivity index (χ1v) is 2.23. The molecule has 7 heteroatoms. The molecule has 0 aliphatic carbocycles. The molecule has 0 N–H and O–H groups in total. The third-order valence-corrected chi connectivity index (χ3v) is 0.981. The highest BCUT2D eigenvalue weighted by molar-refractivity contribution is 6.32. The summed E-state index contributed by atoms with van der Waals surface area (Å²) in [6, 6.07) is 0. The van der Waals surface area contributed by atoms with Crippen molar-refractivity contribution in [2.24, 2.45) is 0 Å².